The first-order chi connectivity index (χ1) is 9.77. The third kappa shape index (κ3) is 16.9. The topological polar surface area (TPSA) is 37.3 Å². The third-order valence-electron chi connectivity index (χ3n) is 3.39. The van der Waals surface area contributed by atoms with Crippen molar-refractivity contribution in [1.82, 2.24) is 0 Å². The Bertz CT molecular complexity index is 267. The van der Waals surface area contributed by atoms with Crippen LogP contribution < -0.4 is 0 Å². The number of carboxylic acids is 1. The monoisotopic (exact) mass is 280 g/mol. The Labute approximate surface area is 125 Å². The molecule has 0 aromatic heterocycles. The van der Waals surface area contributed by atoms with Crippen LogP contribution in [0.25, 0.3) is 0 Å². The smallest absolute Gasteiger partial charge is 0.327 e. The van der Waals surface area contributed by atoms with E-state index >= 15 is 0 Å². The lowest BCUT2D eigenvalue weighted by atomic mass is 10.1. The van der Waals surface area contributed by atoms with Gasteiger partial charge < -0.3 is 5.11 Å². The van der Waals surface area contributed by atoms with E-state index in [4.69, 9.17) is 5.11 Å². The van der Waals surface area contributed by atoms with Gasteiger partial charge in [-0.15, -0.1) is 0 Å². The maximum atomic E-state index is 10.2. The zero-order valence-corrected chi connectivity index (χ0v) is 13.2. The zero-order chi connectivity index (χ0) is 14.9. The summed E-state index contributed by atoms with van der Waals surface area (Å²) in [7, 11) is 0. The summed E-state index contributed by atoms with van der Waals surface area (Å²) in [5, 5.41) is 8.42. The molecule has 2 heteroatoms. The van der Waals surface area contributed by atoms with Gasteiger partial charge in [-0.05, 0) is 38.5 Å². The number of allylic oxidation sites excluding steroid dienone is 3. The van der Waals surface area contributed by atoms with E-state index in [0.29, 0.717) is 0 Å². The lowest BCUT2D eigenvalue weighted by molar-refractivity contribution is -0.131. The summed E-state index contributed by atoms with van der Waals surface area (Å²) in [6.07, 6.45) is 22.6. The van der Waals surface area contributed by atoms with Crippen LogP contribution >= 0.6 is 0 Å². The maximum absolute atomic E-state index is 10.2. The Kier molecular flexibility index (Phi) is 15.2. The SMILES string of the molecule is CCCCCCCC/C=C\CCCCC/C=C\C(=O)O. The summed E-state index contributed by atoms with van der Waals surface area (Å²) in [6, 6.07) is 0. The summed E-state index contributed by atoms with van der Waals surface area (Å²) in [4.78, 5) is 10.2. The van der Waals surface area contributed by atoms with Crippen molar-refractivity contribution in [2.75, 3.05) is 0 Å². The van der Waals surface area contributed by atoms with Gasteiger partial charge in [0.25, 0.3) is 0 Å². The van der Waals surface area contributed by atoms with E-state index in [1.807, 2.05) is 0 Å². The molecule has 0 aliphatic heterocycles. The third-order valence-corrected chi connectivity index (χ3v) is 3.39. The number of carbonyl (C=O) groups is 1. The molecule has 2 nitrogen and oxygen atoms in total. The van der Waals surface area contributed by atoms with E-state index in [1.54, 1.807) is 6.08 Å². The highest BCUT2D eigenvalue weighted by Gasteiger charge is 1.89. The van der Waals surface area contributed by atoms with Crippen LogP contribution in [0.3, 0.4) is 0 Å². The lowest BCUT2D eigenvalue weighted by Crippen LogP contribution is -1.85. The van der Waals surface area contributed by atoms with E-state index in [1.165, 1.54) is 70.3 Å². The molecule has 0 saturated carbocycles. The molecular formula is C18H32O2. The van der Waals surface area contributed by atoms with Gasteiger partial charge >= 0.3 is 5.97 Å². The Hall–Kier alpha value is -1.05. The molecule has 0 aliphatic carbocycles. The molecule has 0 unspecified atom stereocenters. The fourth-order valence-electron chi connectivity index (χ4n) is 2.16. The molecule has 0 heterocycles. The van der Waals surface area contributed by atoms with E-state index in [2.05, 4.69) is 19.1 Å². The number of hydrogen-bond donors (Lipinski definition) is 1. The van der Waals surface area contributed by atoms with Crippen molar-refractivity contribution in [3.05, 3.63) is 24.3 Å². The lowest BCUT2D eigenvalue weighted by Gasteiger charge is -1.98. The van der Waals surface area contributed by atoms with Crippen molar-refractivity contribution in [2.24, 2.45) is 0 Å². The van der Waals surface area contributed by atoms with Crippen molar-refractivity contribution in [2.45, 2.75) is 84.0 Å². The number of rotatable bonds is 14. The van der Waals surface area contributed by atoms with E-state index in [-0.39, 0.29) is 0 Å². The number of hydrogen-bond acceptors (Lipinski definition) is 1. The highest BCUT2D eigenvalue weighted by atomic mass is 16.4. The van der Waals surface area contributed by atoms with Gasteiger partial charge in [-0.25, -0.2) is 4.79 Å². The van der Waals surface area contributed by atoms with Crippen LogP contribution in [-0.2, 0) is 4.79 Å². The predicted molar refractivity (Wildman–Crippen MR) is 87.0 cm³/mol. The van der Waals surface area contributed by atoms with Crippen LogP contribution in [0.1, 0.15) is 84.0 Å². The van der Waals surface area contributed by atoms with Gasteiger partial charge in [-0.1, -0.05) is 63.7 Å². The summed E-state index contributed by atoms with van der Waals surface area (Å²) in [6.45, 7) is 2.26. The fraction of sp³-hybridized carbons (Fsp3) is 0.722. The molecule has 0 atom stereocenters. The fourth-order valence-corrected chi connectivity index (χ4v) is 2.16. The van der Waals surface area contributed by atoms with Crippen molar-refractivity contribution >= 4 is 5.97 Å². The molecule has 0 aromatic carbocycles. The average Bonchev–Trinajstić information content (AvgIpc) is 2.43. The van der Waals surface area contributed by atoms with E-state index in [0.717, 1.165) is 12.8 Å². The second-order valence-electron chi connectivity index (χ2n) is 5.41. The van der Waals surface area contributed by atoms with Crippen LogP contribution in [0.4, 0.5) is 0 Å². The van der Waals surface area contributed by atoms with E-state index in [9.17, 15) is 4.79 Å². The van der Waals surface area contributed by atoms with Crippen LogP contribution in [0.2, 0.25) is 0 Å². The molecule has 0 aliphatic rings. The minimum absolute atomic E-state index is 0.845. The molecule has 0 saturated heterocycles. The van der Waals surface area contributed by atoms with Crippen molar-refractivity contribution in [1.29, 1.82) is 0 Å². The molecule has 1 N–H and O–H groups in total. The van der Waals surface area contributed by atoms with Gasteiger partial charge in [-0.2, -0.15) is 0 Å². The zero-order valence-electron chi connectivity index (χ0n) is 13.2. The van der Waals surface area contributed by atoms with Crippen LogP contribution in [0.5, 0.6) is 0 Å². The first kappa shape index (κ1) is 18.9. The highest BCUT2D eigenvalue weighted by Crippen LogP contribution is 2.08. The minimum Gasteiger partial charge on any atom is -0.478 e. The second kappa shape index (κ2) is 16.0. The number of unbranched alkanes of at least 4 members (excludes halogenated alkanes) is 10. The molecule has 0 rings (SSSR count). The van der Waals surface area contributed by atoms with Gasteiger partial charge in [0.1, 0.15) is 0 Å². The molecule has 0 amide bonds. The molecule has 0 fully saturated rings. The first-order valence-electron chi connectivity index (χ1n) is 8.31. The molecule has 0 aromatic rings. The average molecular weight is 280 g/mol. The van der Waals surface area contributed by atoms with Crippen molar-refractivity contribution in [3.8, 4) is 0 Å². The molecular weight excluding hydrogens is 248 g/mol. The summed E-state index contributed by atoms with van der Waals surface area (Å²) in [5.41, 5.74) is 0. The number of carboxylic acid groups (broad SMARTS) is 1. The Morgan fingerprint density at radius 3 is 1.75 bits per heavy atom. The second-order valence-corrected chi connectivity index (χ2v) is 5.41. The van der Waals surface area contributed by atoms with Gasteiger partial charge in [0.05, 0.1) is 0 Å². The van der Waals surface area contributed by atoms with Crippen LogP contribution in [0, 0.1) is 0 Å². The molecule has 0 radical (unpaired) electrons. The maximum Gasteiger partial charge on any atom is 0.327 e. The summed E-state index contributed by atoms with van der Waals surface area (Å²) >= 11 is 0. The normalized spacial score (nSPS) is 11.7. The molecule has 0 bridgehead atoms. The van der Waals surface area contributed by atoms with Crippen LogP contribution in [0.15, 0.2) is 24.3 Å². The van der Waals surface area contributed by atoms with Gasteiger partial charge in [-0.3, -0.25) is 0 Å². The van der Waals surface area contributed by atoms with Crippen LogP contribution in [-0.4, -0.2) is 11.1 Å². The Morgan fingerprint density at radius 1 is 0.750 bits per heavy atom. The standard InChI is InChI=1S/C18H32O2/c1-2-3-4-5-6-7-8-9-10-11-12-13-14-15-16-17-18(19)20/h9-10,16-17H,2-8,11-15H2,1H3,(H,19,20)/b10-9-,17-16-. The van der Waals surface area contributed by atoms with Gasteiger partial charge in [0.15, 0.2) is 0 Å². The van der Waals surface area contributed by atoms with Crippen molar-refractivity contribution in [3.63, 3.8) is 0 Å². The molecule has 0 spiro atoms. The summed E-state index contributed by atoms with van der Waals surface area (Å²) in [5.74, 6) is -0.845. The largest absolute Gasteiger partial charge is 0.478 e. The highest BCUT2D eigenvalue weighted by molar-refractivity contribution is 5.79. The molecule has 116 valence electrons. The quantitative estimate of drug-likeness (QED) is 0.245. The molecule has 20 heavy (non-hydrogen) atoms. The van der Waals surface area contributed by atoms with Gasteiger partial charge in [0, 0.05) is 6.08 Å². The number of aliphatic carboxylic acids is 1. The Morgan fingerprint density at radius 2 is 1.20 bits per heavy atom. The Balaban J connectivity index is 3.14. The van der Waals surface area contributed by atoms with Crippen molar-refractivity contribution < 1.29 is 9.90 Å². The van der Waals surface area contributed by atoms with Gasteiger partial charge in [0.2, 0.25) is 0 Å². The van der Waals surface area contributed by atoms with E-state index < -0.39 is 5.97 Å². The summed E-state index contributed by atoms with van der Waals surface area (Å²) < 4.78 is 0. The predicted octanol–water partition coefficient (Wildman–Crippen LogP) is 5.88. The first-order valence-corrected chi connectivity index (χ1v) is 8.31. The minimum atomic E-state index is -0.845.